The molecule has 1 aliphatic rings. The average molecular weight is 295 g/mol. The molecule has 1 unspecified atom stereocenters. The van der Waals surface area contributed by atoms with Crippen molar-refractivity contribution in [2.75, 3.05) is 20.2 Å². The Bertz CT molecular complexity index is 509. The maximum absolute atomic E-state index is 12.5. The Kier molecular flexibility index (Phi) is 4.81. The number of hydrogen-bond donors (Lipinski definition) is 0. The number of nitrogens with zero attached hydrogens (tertiary/aromatic N) is 1. The molecule has 1 atom stereocenters. The molecule has 110 valence electrons. The summed E-state index contributed by atoms with van der Waals surface area (Å²) in [6.45, 7) is 5.35. The first-order valence-electron chi connectivity index (χ1n) is 7.03. The van der Waals surface area contributed by atoms with E-state index in [0.29, 0.717) is 6.54 Å². The molecule has 0 aromatic carbocycles. The summed E-state index contributed by atoms with van der Waals surface area (Å²) in [5.74, 6) is -0.338. The number of rotatable bonds is 3. The van der Waals surface area contributed by atoms with Crippen LogP contribution in [0.15, 0.2) is 6.07 Å². The zero-order chi connectivity index (χ0) is 14.7. The average Bonchev–Trinajstić information content (AvgIpc) is 2.86. The standard InChI is InChI=1S/C15H21NO3S/c1-4-11-8-13(20-10(11)2)14(17)16-7-5-6-12(9-16)15(18)19-3/h8,12H,4-7,9H2,1-3H3. The molecule has 5 heteroatoms. The summed E-state index contributed by atoms with van der Waals surface area (Å²) in [7, 11) is 1.40. The van der Waals surface area contributed by atoms with Gasteiger partial charge in [0, 0.05) is 18.0 Å². The van der Waals surface area contributed by atoms with Crippen molar-refractivity contribution in [2.24, 2.45) is 5.92 Å². The van der Waals surface area contributed by atoms with Crippen LogP contribution >= 0.6 is 11.3 Å². The van der Waals surface area contributed by atoms with E-state index < -0.39 is 0 Å². The minimum absolute atomic E-state index is 0.0476. The van der Waals surface area contributed by atoms with E-state index >= 15 is 0 Å². The van der Waals surface area contributed by atoms with Crippen molar-refractivity contribution in [1.82, 2.24) is 4.90 Å². The van der Waals surface area contributed by atoms with Crippen LogP contribution in [0, 0.1) is 12.8 Å². The number of piperidine rings is 1. The van der Waals surface area contributed by atoms with Gasteiger partial charge < -0.3 is 9.64 Å². The predicted octanol–water partition coefficient (Wildman–Crippen LogP) is 2.64. The first-order valence-corrected chi connectivity index (χ1v) is 7.84. The first kappa shape index (κ1) is 15.0. The fraction of sp³-hybridized carbons (Fsp3) is 0.600. The number of methoxy groups -OCH3 is 1. The van der Waals surface area contributed by atoms with E-state index in [1.807, 2.05) is 13.0 Å². The smallest absolute Gasteiger partial charge is 0.310 e. The highest BCUT2D eigenvalue weighted by Gasteiger charge is 2.30. The molecule has 0 N–H and O–H groups in total. The monoisotopic (exact) mass is 295 g/mol. The second-order valence-corrected chi connectivity index (χ2v) is 6.42. The number of thiophene rings is 1. The molecule has 1 aromatic heterocycles. The van der Waals surface area contributed by atoms with E-state index in [1.165, 1.54) is 17.6 Å². The maximum Gasteiger partial charge on any atom is 0.310 e. The van der Waals surface area contributed by atoms with Gasteiger partial charge in [-0.05, 0) is 37.8 Å². The summed E-state index contributed by atoms with van der Waals surface area (Å²) in [5.41, 5.74) is 1.24. The van der Waals surface area contributed by atoms with Crippen LogP contribution in [0.2, 0.25) is 0 Å². The number of carbonyl (C=O) groups excluding carboxylic acids is 2. The number of amides is 1. The molecule has 0 aliphatic carbocycles. The summed E-state index contributed by atoms with van der Waals surface area (Å²) in [5, 5.41) is 0. The van der Waals surface area contributed by atoms with Gasteiger partial charge in [-0.1, -0.05) is 6.92 Å². The number of esters is 1. The van der Waals surface area contributed by atoms with Crippen molar-refractivity contribution in [3.05, 3.63) is 21.4 Å². The molecule has 2 rings (SSSR count). The van der Waals surface area contributed by atoms with Crippen LogP contribution in [0.3, 0.4) is 0 Å². The van der Waals surface area contributed by atoms with E-state index in [4.69, 9.17) is 4.74 Å². The molecule has 0 saturated carbocycles. The van der Waals surface area contributed by atoms with E-state index in [9.17, 15) is 9.59 Å². The van der Waals surface area contributed by atoms with Gasteiger partial charge in [-0.25, -0.2) is 0 Å². The minimum atomic E-state index is -0.209. The largest absolute Gasteiger partial charge is 0.469 e. The molecule has 1 aliphatic heterocycles. The van der Waals surface area contributed by atoms with E-state index in [-0.39, 0.29) is 17.8 Å². The number of aryl methyl sites for hydroxylation is 2. The topological polar surface area (TPSA) is 46.6 Å². The molecule has 0 spiro atoms. The van der Waals surface area contributed by atoms with Crippen LogP contribution in [-0.4, -0.2) is 37.0 Å². The lowest BCUT2D eigenvalue weighted by Crippen LogP contribution is -2.42. The van der Waals surface area contributed by atoms with E-state index in [2.05, 4.69) is 6.92 Å². The van der Waals surface area contributed by atoms with Gasteiger partial charge in [0.15, 0.2) is 0 Å². The molecule has 1 fully saturated rings. The van der Waals surface area contributed by atoms with Gasteiger partial charge >= 0.3 is 5.97 Å². The van der Waals surface area contributed by atoms with Crippen LogP contribution in [-0.2, 0) is 16.0 Å². The Morgan fingerprint density at radius 1 is 1.50 bits per heavy atom. The van der Waals surface area contributed by atoms with Gasteiger partial charge in [0.1, 0.15) is 0 Å². The molecule has 0 radical (unpaired) electrons. The molecule has 4 nitrogen and oxygen atoms in total. The normalized spacial score (nSPS) is 18.9. The number of carbonyl (C=O) groups is 2. The lowest BCUT2D eigenvalue weighted by atomic mass is 9.98. The Balaban J connectivity index is 2.10. The summed E-state index contributed by atoms with van der Waals surface area (Å²) in [6, 6.07) is 1.99. The van der Waals surface area contributed by atoms with Gasteiger partial charge in [0.2, 0.25) is 0 Å². The molecular weight excluding hydrogens is 274 g/mol. The highest BCUT2D eigenvalue weighted by molar-refractivity contribution is 7.14. The van der Waals surface area contributed by atoms with E-state index in [0.717, 1.165) is 30.7 Å². The number of ether oxygens (including phenoxy) is 1. The quantitative estimate of drug-likeness (QED) is 0.805. The molecular formula is C15H21NO3S. The predicted molar refractivity (Wildman–Crippen MR) is 79.1 cm³/mol. The van der Waals surface area contributed by atoms with Crippen LogP contribution in [0.4, 0.5) is 0 Å². The van der Waals surface area contributed by atoms with Crippen LogP contribution in [0.1, 0.15) is 39.9 Å². The van der Waals surface area contributed by atoms with Crippen LogP contribution in [0.25, 0.3) is 0 Å². The van der Waals surface area contributed by atoms with Gasteiger partial charge in [-0.3, -0.25) is 9.59 Å². The van der Waals surface area contributed by atoms with Crippen LogP contribution in [0.5, 0.6) is 0 Å². The molecule has 0 bridgehead atoms. The maximum atomic E-state index is 12.5. The second kappa shape index (κ2) is 6.39. The minimum Gasteiger partial charge on any atom is -0.469 e. The lowest BCUT2D eigenvalue weighted by Gasteiger charge is -2.31. The zero-order valence-corrected chi connectivity index (χ0v) is 13.1. The van der Waals surface area contributed by atoms with Crippen molar-refractivity contribution < 1.29 is 14.3 Å². The summed E-state index contributed by atoms with van der Waals surface area (Å²) in [4.78, 5) is 27.9. The summed E-state index contributed by atoms with van der Waals surface area (Å²) < 4.78 is 4.79. The third-order valence-corrected chi connectivity index (χ3v) is 4.94. The molecule has 20 heavy (non-hydrogen) atoms. The summed E-state index contributed by atoms with van der Waals surface area (Å²) >= 11 is 1.55. The number of hydrogen-bond acceptors (Lipinski definition) is 4. The Morgan fingerprint density at radius 2 is 2.25 bits per heavy atom. The van der Waals surface area contributed by atoms with Gasteiger partial charge in [0.25, 0.3) is 5.91 Å². The highest BCUT2D eigenvalue weighted by Crippen LogP contribution is 2.26. The Labute approximate surface area is 123 Å². The first-order chi connectivity index (χ1) is 9.56. The van der Waals surface area contributed by atoms with Crippen molar-refractivity contribution in [3.8, 4) is 0 Å². The SMILES string of the molecule is CCc1cc(C(=O)N2CCCC(C(=O)OC)C2)sc1C. The van der Waals surface area contributed by atoms with Crippen molar-refractivity contribution >= 4 is 23.2 Å². The van der Waals surface area contributed by atoms with Gasteiger partial charge in [-0.15, -0.1) is 11.3 Å². The second-order valence-electron chi connectivity index (χ2n) is 5.16. The van der Waals surface area contributed by atoms with Crippen molar-refractivity contribution in [2.45, 2.75) is 33.1 Å². The number of likely N-dealkylation sites (tertiary alicyclic amines) is 1. The Hall–Kier alpha value is -1.36. The Morgan fingerprint density at radius 3 is 2.85 bits per heavy atom. The third kappa shape index (κ3) is 3.03. The van der Waals surface area contributed by atoms with Crippen LogP contribution < -0.4 is 0 Å². The zero-order valence-electron chi connectivity index (χ0n) is 12.3. The lowest BCUT2D eigenvalue weighted by molar-refractivity contribution is -0.146. The van der Waals surface area contributed by atoms with Gasteiger partial charge in [0.05, 0.1) is 17.9 Å². The molecule has 1 saturated heterocycles. The fourth-order valence-electron chi connectivity index (χ4n) is 2.65. The molecule has 1 aromatic rings. The molecule has 1 amide bonds. The van der Waals surface area contributed by atoms with Crippen molar-refractivity contribution in [1.29, 1.82) is 0 Å². The third-order valence-electron chi connectivity index (χ3n) is 3.86. The highest BCUT2D eigenvalue weighted by atomic mass is 32.1. The van der Waals surface area contributed by atoms with E-state index in [1.54, 1.807) is 16.2 Å². The molecule has 2 heterocycles. The van der Waals surface area contributed by atoms with Crippen molar-refractivity contribution in [3.63, 3.8) is 0 Å². The summed E-state index contributed by atoms with van der Waals surface area (Å²) in [6.07, 6.45) is 2.61. The fourth-order valence-corrected chi connectivity index (χ4v) is 3.73. The van der Waals surface area contributed by atoms with Gasteiger partial charge in [-0.2, -0.15) is 0 Å².